The molecule has 5 nitrogen and oxygen atoms in total. The van der Waals surface area contributed by atoms with E-state index in [4.69, 9.17) is 34.8 Å². The second-order valence-electron chi connectivity index (χ2n) is 4.00. The first-order valence-electron chi connectivity index (χ1n) is 5.59. The molecule has 8 heteroatoms. The monoisotopic (exact) mass is 344 g/mol. The standard InChI is InChI=1S/C13H7Cl3N2O3/c14-10-4-1-7(5-12(10)16)17-13(19)9-3-2-8(18(20)21)6-11(9)15/h1-6H,(H,17,19). The molecule has 108 valence electrons. The summed E-state index contributed by atoms with van der Waals surface area (Å²) in [5.41, 5.74) is 0.364. The van der Waals surface area contributed by atoms with Crippen molar-refractivity contribution in [3.05, 3.63) is 67.1 Å². The Morgan fingerprint density at radius 2 is 1.71 bits per heavy atom. The fraction of sp³-hybridized carbons (Fsp3) is 0. The quantitative estimate of drug-likeness (QED) is 0.641. The number of nitrogens with zero attached hydrogens (tertiary/aromatic N) is 1. The van der Waals surface area contributed by atoms with Gasteiger partial charge in [-0.3, -0.25) is 14.9 Å². The van der Waals surface area contributed by atoms with E-state index in [2.05, 4.69) is 5.32 Å². The second kappa shape index (κ2) is 6.30. The van der Waals surface area contributed by atoms with E-state index < -0.39 is 10.8 Å². The molecular formula is C13H7Cl3N2O3. The number of nitro benzene ring substituents is 1. The lowest BCUT2D eigenvalue weighted by Crippen LogP contribution is -2.12. The third kappa shape index (κ3) is 3.64. The molecule has 1 N–H and O–H groups in total. The van der Waals surface area contributed by atoms with E-state index in [1.165, 1.54) is 24.3 Å². The first-order valence-corrected chi connectivity index (χ1v) is 6.72. The number of halogens is 3. The van der Waals surface area contributed by atoms with Gasteiger partial charge in [0.1, 0.15) is 0 Å². The van der Waals surface area contributed by atoms with Crippen LogP contribution in [0.1, 0.15) is 10.4 Å². The number of anilines is 1. The van der Waals surface area contributed by atoms with Gasteiger partial charge in [0.05, 0.1) is 25.6 Å². The summed E-state index contributed by atoms with van der Waals surface area (Å²) in [6.07, 6.45) is 0. The minimum Gasteiger partial charge on any atom is -0.322 e. The number of carbonyl (C=O) groups is 1. The van der Waals surface area contributed by atoms with E-state index in [0.29, 0.717) is 15.7 Å². The molecule has 0 aromatic heterocycles. The molecule has 2 aromatic rings. The molecule has 2 aromatic carbocycles. The summed E-state index contributed by atoms with van der Waals surface area (Å²) in [6, 6.07) is 8.21. The molecule has 2 rings (SSSR count). The summed E-state index contributed by atoms with van der Waals surface area (Å²) in [6.45, 7) is 0. The molecule has 21 heavy (non-hydrogen) atoms. The van der Waals surface area contributed by atoms with Gasteiger partial charge in [0.2, 0.25) is 0 Å². The van der Waals surface area contributed by atoms with Crippen LogP contribution < -0.4 is 5.32 Å². The van der Waals surface area contributed by atoms with E-state index in [1.54, 1.807) is 6.07 Å². The maximum absolute atomic E-state index is 12.1. The van der Waals surface area contributed by atoms with Crippen LogP contribution in [0.2, 0.25) is 15.1 Å². The Morgan fingerprint density at radius 3 is 2.29 bits per heavy atom. The van der Waals surface area contributed by atoms with Crippen molar-refractivity contribution in [1.29, 1.82) is 0 Å². The highest BCUT2D eigenvalue weighted by Gasteiger charge is 2.15. The van der Waals surface area contributed by atoms with Crippen molar-refractivity contribution in [3.63, 3.8) is 0 Å². The zero-order valence-corrected chi connectivity index (χ0v) is 12.5. The van der Waals surface area contributed by atoms with Crippen molar-refractivity contribution >= 4 is 52.1 Å². The molecule has 0 spiro atoms. The van der Waals surface area contributed by atoms with E-state index >= 15 is 0 Å². The van der Waals surface area contributed by atoms with Crippen molar-refractivity contribution in [2.24, 2.45) is 0 Å². The minimum atomic E-state index is -0.591. The zero-order valence-electron chi connectivity index (χ0n) is 10.3. The Kier molecular flexibility index (Phi) is 4.67. The van der Waals surface area contributed by atoms with Gasteiger partial charge < -0.3 is 5.32 Å². The third-order valence-electron chi connectivity index (χ3n) is 2.59. The summed E-state index contributed by atoms with van der Waals surface area (Å²) in [5, 5.41) is 13.8. The van der Waals surface area contributed by atoms with E-state index in [-0.39, 0.29) is 16.3 Å². The molecule has 0 aliphatic carbocycles. The molecule has 0 heterocycles. The SMILES string of the molecule is O=C(Nc1ccc(Cl)c(Cl)c1)c1ccc([N+](=O)[O-])cc1Cl. The van der Waals surface area contributed by atoms with Crippen molar-refractivity contribution in [2.45, 2.75) is 0 Å². The Bertz CT molecular complexity index is 735. The van der Waals surface area contributed by atoms with E-state index in [0.717, 1.165) is 6.07 Å². The topological polar surface area (TPSA) is 72.2 Å². The smallest absolute Gasteiger partial charge is 0.270 e. The Labute approximate surface area is 134 Å². The van der Waals surface area contributed by atoms with Crippen LogP contribution in [0.5, 0.6) is 0 Å². The van der Waals surface area contributed by atoms with Gasteiger partial charge in [-0.1, -0.05) is 34.8 Å². The van der Waals surface area contributed by atoms with Gasteiger partial charge >= 0.3 is 0 Å². The highest BCUT2D eigenvalue weighted by atomic mass is 35.5. The Balaban J connectivity index is 2.24. The molecular weight excluding hydrogens is 339 g/mol. The summed E-state index contributed by atoms with van der Waals surface area (Å²) >= 11 is 17.5. The molecule has 0 unspecified atom stereocenters. The number of non-ortho nitro benzene ring substituents is 1. The van der Waals surface area contributed by atoms with Gasteiger partial charge in [-0.2, -0.15) is 0 Å². The predicted octanol–water partition coefficient (Wildman–Crippen LogP) is 4.81. The maximum atomic E-state index is 12.1. The van der Waals surface area contributed by atoms with Crippen LogP contribution in [-0.2, 0) is 0 Å². The van der Waals surface area contributed by atoms with Gasteiger partial charge in [0.15, 0.2) is 0 Å². The number of nitrogens with one attached hydrogen (secondary N) is 1. The Hall–Kier alpha value is -1.82. The van der Waals surface area contributed by atoms with Crippen molar-refractivity contribution in [3.8, 4) is 0 Å². The van der Waals surface area contributed by atoms with Gasteiger partial charge in [-0.05, 0) is 24.3 Å². The minimum absolute atomic E-state index is 0.0123. The van der Waals surface area contributed by atoms with Crippen LogP contribution in [0.25, 0.3) is 0 Å². The fourth-order valence-electron chi connectivity index (χ4n) is 1.57. The summed E-state index contributed by atoms with van der Waals surface area (Å²) in [5.74, 6) is -0.506. The molecule has 0 radical (unpaired) electrons. The third-order valence-corrected chi connectivity index (χ3v) is 3.64. The van der Waals surface area contributed by atoms with E-state index in [9.17, 15) is 14.9 Å². The first kappa shape index (κ1) is 15.6. The van der Waals surface area contributed by atoms with Gasteiger partial charge in [0.25, 0.3) is 11.6 Å². The number of rotatable bonds is 3. The van der Waals surface area contributed by atoms with Crippen LogP contribution in [0.3, 0.4) is 0 Å². The lowest BCUT2D eigenvalue weighted by atomic mass is 10.2. The molecule has 0 fully saturated rings. The molecule has 0 saturated heterocycles. The highest BCUT2D eigenvalue weighted by molar-refractivity contribution is 6.42. The zero-order chi connectivity index (χ0) is 15.6. The maximum Gasteiger partial charge on any atom is 0.270 e. The van der Waals surface area contributed by atoms with Crippen LogP contribution in [0.4, 0.5) is 11.4 Å². The largest absolute Gasteiger partial charge is 0.322 e. The second-order valence-corrected chi connectivity index (χ2v) is 5.23. The number of hydrogen-bond acceptors (Lipinski definition) is 3. The lowest BCUT2D eigenvalue weighted by Gasteiger charge is -2.07. The van der Waals surface area contributed by atoms with Crippen LogP contribution in [0, 0.1) is 10.1 Å². The molecule has 0 aliphatic rings. The van der Waals surface area contributed by atoms with Crippen LogP contribution in [-0.4, -0.2) is 10.8 Å². The van der Waals surface area contributed by atoms with E-state index in [1.807, 2.05) is 0 Å². The predicted molar refractivity (Wildman–Crippen MR) is 82.5 cm³/mol. The normalized spacial score (nSPS) is 10.2. The number of benzene rings is 2. The molecule has 0 saturated carbocycles. The molecule has 0 aliphatic heterocycles. The average molecular weight is 346 g/mol. The number of carbonyl (C=O) groups excluding carboxylic acids is 1. The Morgan fingerprint density at radius 1 is 1.00 bits per heavy atom. The molecule has 1 amide bonds. The summed E-state index contributed by atoms with van der Waals surface area (Å²) in [7, 11) is 0. The van der Waals surface area contributed by atoms with Crippen molar-refractivity contribution < 1.29 is 9.72 Å². The van der Waals surface area contributed by atoms with Crippen molar-refractivity contribution in [1.82, 2.24) is 0 Å². The fourth-order valence-corrected chi connectivity index (χ4v) is 2.13. The van der Waals surface area contributed by atoms with Gasteiger partial charge in [0, 0.05) is 17.8 Å². The molecule has 0 atom stereocenters. The van der Waals surface area contributed by atoms with Crippen LogP contribution in [0.15, 0.2) is 36.4 Å². The number of amides is 1. The molecule has 0 bridgehead atoms. The highest BCUT2D eigenvalue weighted by Crippen LogP contribution is 2.27. The number of nitro groups is 1. The summed E-state index contributed by atoms with van der Waals surface area (Å²) in [4.78, 5) is 22.1. The summed E-state index contributed by atoms with van der Waals surface area (Å²) < 4.78 is 0. The lowest BCUT2D eigenvalue weighted by molar-refractivity contribution is -0.384. The average Bonchev–Trinajstić information content (AvgIpc) is 2.42. The van der Waals surface area contributed by atoms with Crippen LogP contribution >= 0.6 is 34.8 Å². The first-order chi connectivity index (χ1) is 9.88. The van der Waals surface area contributed by atoms with Crippen molar-refractivity contribution in [2.75, 3.05) is 5.32 Å². The van der Waals surface area contributed by atoms with Gasteiger partial charge in [-0.25, -0.2) is 0 Å². The number of hydrogen-bond donors (Lipinski definition) is 1. The van der Waals surface area contributed by atoms with Gasteiger partial charge in [-0.15, -0.1) is 0 Å².